The van der Waals surface area contributed by atoms with Gasteiger partial charge in [0.25, 0.3) is 0 Å². The fraction of sp³-hybridized carbons (Fsp3) is 0.625. The lowest BCUT2D eigenvalue weighted by Gasteiger charge is -2.34. The van der Waals surface area contributed by atoms with Crippen LogP contribution in [0.2, 0.25) is 0 Å². The van der Waals surface area contributed by atoms with Crippen LogP contribution in [0.1, 0.15) is 56.2 Å². The van der Waals surface area contributed by atoms with Crippen molar-refractivity contribution in [3.63, 3.8) is 0 Å². The van der Waals surface area contributed by atoms with Gasteiger partial charge < -0.3 is 5.11 Å². The first kappa shape index (κ1) is 12.0. The van der Waals surface area contributed by atoms with Crippen LogP contribution in [0, 0.1) is 0 Å². The summed E-state index contributed by atoms with van der Waals surface area (Å²) >= 11 is 0. The molecule has 1 fully saturated rings. The fourth-order valence-corrected chi connectivity index (χ4v) is 3.89. The van der Waals surface area contributed by atoms with Gasteiger partial charge >= 0.3 is 0 Å². The highest BCUT2D eigenvalue weighted by molar-refractivity contribution is 5.40. The molecule has 2 aliphatic rings. The Morgan fingerprint density at radius 3 is 2.72 bits per heavy atom. The molecule has 0 spiro atoms. The third-order valence-electron chi connectivity index (χ3n) is 4.73. The molecule has 2 aliphatic carbocycles. The van der Waals surface area contributed by atoms with E-state index >= 15 is 0 Å². The highest BCUT2D eigenvalue weighted by Crippen LogP contribution is 2.40. The molecule has 0 bridgehead atoms. The van der Waals surface area contributed by atoms with Crippen LogP contribution in [0.15, 0.2) is 18.2 Å². The number of fused-ring (bicyclic) bond motifs is 1. The van der Waals surface area contributed by atoms with Crippen molar-refractivity contribution in [3.05, 3.63) is 29.3 Å². The molecule has 0 heterocycles. The maximum Gasteiger partial charge on any atom is 0.115 e. The smallest absolute Gasteiger partial charge is 0.115 e. The summed E-state index contributed by atoms with van der Waals surface area (Å²) in [5.74, 6) is 0.415. The minimum atomic E-state index is 0.415. The summed E-state index contributed by atoms with van der Waals surface area (Å²) < 4.78 is 0. The molecule has 0 amide bonds. The normalized spacial score (nSPS) is 23.8. The number of benzene rings is 1. The first-order chi connectivity index (χ1) is 8.79. The molecular formula is C16H23NO. The zero-order valence-electron chi connectivity index (χ0n) is 11.2. The van der Waals surface area contributed by atoms with Crippen LogP contribution in [-0.4, -0.2) is 22.6 Å². The Kier molecular flexibility index (Phi) is 3.29. The van der Waals surface area contributed by atoms with E-state index in [0.717, 1.165) is 19.0 Å². The molecular weight excluding hydrogens is 222 g/mol. The third-order valence-corrected chi connectivity index (χ3v) is 4.73. The summed E-state index contributed by atoms with van der Waals surface area (Å²) in [6.45, 7) is 3.44. The number of phenols is 1. The number of aryl methyl sites for hydroxylation is 1. The van der Waals surface area contributed by atoms with Crippen molar-refractivity contribution in [1.82, 2.24) is 4.90 Å². The van der Waals surface area contributed by atoms with E-state index in [-0.39, 0.29) is 0 Å². The first-order valence-corrected chi connectivity index (χ1v) is 7.37. The van der Waals surface area contributed by atoms with Crippen molar-refractivity contribution in [3.8, 4) is 5.75 Å². The molecule has 1 unspecified atom stereocenters. The molecule has 18 heavy (non-hydrogen) atoms. The minimum Gasteiger partial charge on any atom is -0.508 e. The van der Waals surface area contributed by atoms with E-state index in [9.17, 15) is 5.11 Å². The molecule has 1 saturated carbocycles. The van der Waals surface area contributed by atoms with Gasteiger partial charge in [-0.05, 0) is 55.5 Å². The maximum absolute atomic E-state index is 9.58. The van der Waals surface area contributed by atoms with Crippen LogP contribution in [-0.2, 0) is 6.42 Å². The van der Waals surface area contributed by atoms with E-state index in [4.69, 9.17) is 0 Å². The summed E-state index contributed by atoms with van der Waals surface area (Å²) in [5.41, 5.74) is 2.82. The Bertz CT molecular complexity index is 423. The molecule has 1 N–H and O–H groups in total. The van der Waals surface area contributed by atoms with Gasteiger partial charge in [0.15, 0.2) is 0 Å². The maximum atomic E-state index is 9.58. The van der Waals surface area contributed by atoms with Gasteiger partial charge in [0.1, 0.15) is 5.75 Å². The molecule has 1 aromatic rings. The lowest BCUT2D eigenvalue weighted by molar-refractivity contribution is 0.143. The molecule has 1 atom stereocenters. The predicted molar refractivity (Wildman–Crippen MR) is 73.8 cm³/mol. The van der Waals surface area contributed by atoms with Gasteiger partial charge in [0, 0.05) is 12.1 Å². The minimum absolute atomic E-state index is 0.415. The number of aromatic hydroxyl groups is 1. The monoisotopic (exact) mass is 245 g/mol. The summed E-state index contributed by atoms with van der Waals surface area (Å²) in [4.78, 5) is 2.70. The second-order valence-electron chi connectivity index (χ2n) is 5.71. The summed E-state index contributed by atoms with van der Waals surface area (Å²) in [5, 5.41) is 9.58. The first-order valence-electron chi connectivity index (χ1n) is 7.37. The molecule has 3 rings (SSSR count). The van der Waals surface area contributed by atoms with Crippen molar-refractivity contribution < 1.29 is 5.11 Å². The van der Waals surface area contributed by atoms with Crippen molar-refractivity contribution >= 4 is 0 Å². The standard InChI is InChI=1S/C16H23NO/c1-2-17(13-5-3-4-6-13)16-10-7-12-11-14(18)8-9-15(12)16/h8-9,11,13,16,18H,2-7,10H2,1H3. The van der Waals surface area contributed by atoms with Gasteiger partial charge in [-0.2, -0.15) is 0 Å². The van der Waals surface area contributed by atoms with Crippen LogP contribution in [0.25, 0.3) is 0 Å². The van der Waals surface area contributed by atoms with E-state index < -0.39 is 0 Å². The van der Waals surface area contributed by atoms with E-state index in [1.807, 2.05) is 12.1 Å². The molecule has 1 aromatic carbocycles. The number of nitrogens with zero attached hydrogens (tertiary/aromatic N) is 1. The van der Waals surface area contributed by atoms with Crippen LogP contribution >= 0.6 is 0 Å². The Labute approximate surface area is 110 Å². The highest BCUT2D eigenvalue weighted by Gasteiger charge is 2.32. The topological polar surface area (TPSA) is 23.5 Å². The molecule has 2 nitrogen and oxygen atoms in total. The van der Waals surface area contributed by atoms with Gasteiger partial charge in [-0.3, -0.25) is 4.90 Å². The quantitative estimate of drug-likeness (QED) is 0.878. The number of rotatable bonds is 3. The Balaban J connectivity index is 1.85. The number of hydrogen-bond donors (Lipinski definition) is 1. The largest absolute Gasteiger partial charge is 0.508 e. The molecule has 98 valence electrons. The van der Waals surface area contributed by atoms with Gasteiger partial charge in [-0.15, -0.1) is 0 Å². The zero-order valence-corrected chi connectivity index (χ0v) is 11.2. The van der Waals surface area contributed by atoms with Crippen molar-refractivity contribution in [2.24, 2.45) is 0 Å². The Morgan fingerprint density at radius 1 is 1.22 bits per heavy atom. The summed E-state index contributed by atoms with van der Waals surface area (Å²) in [7, 11) is 0. The Morgan fingerprint density at radius 2 is 2.00 bits per heavy atom. The second kappa shape index (κ2) is 4.93. The van der Waals surface area contributed by atoms with Crippen molar-refractivity contribution in [2.75, 3.05) is 6.54 Å². The average Bonchev–Trinajstić information content (AvgIpc) is 3.00. The number of hydrogen-bond acceptors (Lipinski definition) is 2. The highest BCUT2D eigenvalue weighted by atomic mass is 16.3. The lowest BCUT2D eigenvalue weighted by Crippen LogP contribution is -2.35. The van der Waals surface area contributed by atoms with Crippen molar-refractivity contribution in [1.29, 1.82) is 0 Å². The second-order valence-corrected chi connectivity index (χ2v) is 5.71. The SMILES string of the molecule is CCN(C1CCCC1)C1CCc2cc(O)ccc21. The van der Waals surface area contributed by atoms with Gasteiger partial charge in [0.2, 0.25) is 0 Å². The predicted octanol–water partition coefficient (Wildman–Crippen LogP) is 3.64. The van der Waals surface area contributed by atoms with Gasteiger partial charge in [0.05, 0.1) is 0 Å². The summed E-state index contributed by atoms with van der Waals surface area (Å²) in [6.07, 6.45) is 7.89. The van der Waals surface area contributed by atoms with E-state index in [1.54, 1.807) is 0 Å². The molecule has 0 aliphatic heterocycles. The molecule has 0 saturated heterocycles. The lowest BCUT2D eigenvalue weighted by atomic mass is 10.0. The Hall–Kier alpha value is -1.02. The molecule has 0 aromatic heterocycles. The van der Waals surface area contributed by atoms with Crippen LogP contribution < -0.4 is 0 Å². The van der Waals surface area contributed by atoms with E-state index in [2.05, 4.69) is 17.9 Å². The van der Waals surface area contributed by atoms with Crippen LogP contribution in [0.3, 0.4) is 0 Å². The van der Waals surface area contributed by atoms with Gasteiger partial charge in [-0.25, -0.2) is 0 Å². The zero-order chi connectivity index (χ0) is 12.5. The third kappa shape index (κ3) is 2.03. The number of phenolic OH excluding ortho intramolecular Hbond substituents is 1. The average molecular weight is 245 g/mol. The fourth-order valence-electron chi connectivity index (χ4n) is 3.89. The van der Waals surface area contributed by atoms with E-state index in [1.165, 1.54) is 43.2 Å². The van der Waals surface area contributed by atoms with Gasteiger partial charge in [-0.1, -0.05) is 25.8 Å². The van der Waals surface area contributed by atoms with Crippen LogP contribution in [0.4, 0.5) is 0 Å². The summed E-state index contributed by atoms with van der Waals surface area (Å²) in [6, 6.07) is 7.32. The van der Waals surface area contributed by atoms with E-state index in [0.29, 0.717) is 11.8 Å². The van der Waals surface area contributed by atoms with Crippen molar-refractivity contribution in [2.45, 2.75) is 57.5 Å². The molecule has 0 radical (unpaired) electrons. The molecule has 2 heteroatoms. The van der Waals surface area contributed by atoms with Crippen LogP contribution in [0.5, 0.6) is 5.75 Å².